The summed E-state index contributed by atoms with van der Waals surface area (Å²) in [6, 6.07) is 19.6. The van der Waals surface area contributed by atoms with E-state index in [1.54, 1.807) is 6.07 Å². The summed E-state index contributed by atoms with van der Waals surface area (Å²) in [7, 11) is 0. The second-order valence-corrected chi connectivity index (χ2v) is 12.0. The van der Waals surface area contributed by atoms with Gasteiger partial charge < -0.3 is 14.6 Å². The molecule has 3 aromatic rings. The molecule has 41 heavy (non-hydrogen) atoms. The maximum absolute atomic E-state index is 13.7. The normalized spacial score (nSPS) is 17.0. The molecule has 6 heteroatoms. The van der Waals surface area contributed by atoms with Crippen LogP contribution in [0.2, 0.25) is 0 Å². The topological polar surface area (TPSA) is 76.1 Å². The van der Waals surface area contributed by atoms with E-state index in [0.29, 0.717) is 35.1 Å². The summed E-state index contributed by atoms with van der Waals surface area (Å²) in [5, 5.41) is 11.7. The predicted molar refractivity (Wildman–Crippen MR) is 164 cm³/mol. The van der Waals surface area contributed by atoms with Crippen LogP contribution in [-0.2, 0) is 15.0 Å². The van der Waals surface area contributed by atoms with Crippen LogP contribution >= 0.6 is 0 Å². The van der Waals surface area contributed by atoms with Gasteiger partial charge in [-0.3, -0.25) is 14.5 Å². The Balaban J connectivity index is 1.91. The molecule has 1 aliphatic heterocycles. The summed E-state index contributed by atoms with van der Waals surface area (Å²) >= 11 is 0. The smallest absolute Gasteiger partial charge is 0.300 e. The van der Waals surface area contributed by atoms with Crippen molar-refractivity contribution >= 4 is 23.1 Å². The van der Waals surface area contributed by atoms with Gasteiger partial charge in [-0.1, -0.05) is 58.9 Å². The summed E-state index contributed by atoms with van der Waals surface area (Å²) < 4.78 is 11.7. The number of benzene rings is 3. The average molecular weight is 556 g/mol. The Morgan fingerprint density at radius 3 is 2.10 bits per heavy atom. The number of Topliss-reactive ketones (excluding diaryl/α,β-unsaturated/α-hetero) is 1. The monoisotopic (exact) mass is 555 g/mol. The van der Waals surface area contributed by atoms with Crippen molar-refractivity contribution in [3.63, 3.8) is 0 Å². The van der Waals surface area contributed by atoms with Crippen molar-refractivity contribution in [2.24, 2.45) is 0 Å². The molecule has 0 aromatic heterocycles. The first-order chi connectivity index (χ1) is 19.3. The third-order valence-corrected chi connectivity index (χ3v) is 7.21. The third-order valence-electron chi connectivity index (χ3n) is 7.21. The number of hydrogen-bond acceptors (Lipinski definition) is 5. The zero-order valence-electron chi connectivity index (χ0n) is 25.3. The standard InChI is InChI=1S/C35H41NO5/c1-9-40-29-19-14-25(20-28(29)35(6,7)8)32(37)30-31(24-12-17-27(18-13-24)41-22(4)5)36(34(39)33(30)38)26-15-10-23(11-16-26)21(2)3/h10-22,31,37H,9H2,1-8H3/b32-30-. The van der Waals surface area contributed by atoms with Crippen LogP contribution in [0.25, 0.3) is 5.76 Å². The van der Waals surface area contributed by atoms with Crippen LogP contribution in [0, 0.1) is 0 Å². The second kappa shape index (κ2) is 11.8. The van der Waals surface area contributed by atoms with Gasteiger partial charge in [0.05, 0.1) is 24.3 Å². The summed E-state index contributed by atoms with van der Waals surface area (Å²) in [4.78, 5) is 28.8. The Labute approximate surface area is 243 Å². The molecule has 1 aliphatic rings. The Morgan fingerprint density at radius 2 is 1.56 bits per heavy atom. The van der Waals surface area contributed by atoms with E-state index >= 15 is 0 Å². The number of aliphatic hydroxyl groups is 1. The molecule has 3 aromatic carbocycles. The van der Waals surface area contributed by atoms with Crippen LogP contribution < -0.4 is 14.4 Å². The van der Waals surface area contributed by atoms with Gasteiger partial charge in [0.1, 0.15) is 17.3 Å². The number of rotatable bonds is 8. The molecule has 1 atom stereocenters. The number of amides is 1. The Kier molecular flexibility index (Phi) is 8.62. The lowest BCUT2D eigenvalue weighted by molar-refractivity contribution is -0.132. The van der Waals surface area contributed by atoms with Crippen molar-refractivity contribution in [1.29, 1.82) is 0 Å². The van der Waals surface area contributed by atoms with Crippen molar-refractivity contribution < 1.29 is 24.2 Å². The Bertz CT molecular complexity index is 1440. The van der Waals surface area contributed by atoms with Gasteiger partial charge in [0.2, 0.25) is 0 Å². The quantitative estimate of drug-likeness (QED) is 0.174. The molecule has 4 rings (SSSR count). The minimum absolute atomic E-state index is 0.00243. The van der Waals surface area contributed by atoms with Crippen molar-refractivity contribution in [3.8, 4) is 11.5 Å². The van der Waals surface area contributed by atoms with Crippen LogP contribution in [0.3, 0.4) is 0 Å². The first-order valence-corrected chi connectivity index (χ1v) is 14.3. The fourth-order valence-electron chi connectivity index (χ4n) is 5.14. The molecule has 1 fully saturated rings. The number of ketones is 1. The second-order valence-electron chi connectivity index (χ2n) is 12.0. The predicted octanol–water partition coefficient (Wildman–Crippen LogP) is 7.92. The highest BCUT2D eigenvalue weighted by molar-refractivity contribution is 6.51. The van der Waals surface area contributed by atoms with Crippen LogP contribution in [-0.4, -0.2) is 29.5 Å². The van der Waals surface area contributed by atoms with Crippen molar-refractivity contribution in [3.05, 3.63) is 94.6 Å². The van der Waals surface area contributed by atoms with Gasteiger partial charge in [-0.05, 0) is 85.7 Å². The molecule has 6 nitrogen and oxygen atoms in total. The van der Waals surface area contributed by atoms with Crippen LogP contribution in [0.1, 0.15) is 89.6 Å². The van der Waals surface area contributed by atoms with Crippen LogP contribution in [0.15, 0.2) is 72.3 Å². The van der Waals surface area contributed by atoms with E-state index in [-0.39, 0.29) is 22.9 Å². The van der Waals surface area contributed by atoms with Gasteiger partial charge in [0.15, 0.2) is 0 Å². The summed E-state index contributed by atoms with van der Waals surface area (Å²) in [5.74, 6) is 0.0986. The molecule has 1 heterocycles. The molecule has 1 saturated heterocycles. The average Bonchev–Trinajstić information content (AvgIpc) is 3.18. The molecule has 1 unspecified atom stereocenters. The number of hydrogen-bond donors (Lipinski definition) is 1. The van der Waals surface area contributed by atoms with Gasteiger partial charge in [0.25, 0.3) is 11.7 Å². The molecule has 0 saturated carbocycles. The van der Waals surface area contributed by atoms with E-state index < -0.39 is 17.7 Å². The third kappa shape index (κ3) is 6.17. The maximum atomic E-state index is 13.7. The van der Waals surface area contributed by atoms with Crippen molar-refractivity contribution in [1.82, 2.24) is 0 Å². The number of anilines is 1. The molecular weight excluding hydrogens is 514 g/mol. The molecule has 216 valence electrons. The van der Waals surface area contributed by atoms with E-state index in [2.05, 4.69) is 34.6 Å². The SMILES string of the molecule is CCOc1ccc(/C(O)=C2/C(=O)C(=O)N(c3ccc(C(C)C)cc3)C2c2ccc(OC(C)C)cc2)cc1C(C)(C)C. The molecule has 0 spiro atoms. The molecule has 0 radical (unpaired) electrons. The van der Waals surface area contributed by atoms with E-state index in [9.17, 15) is 14.7 Å². The van der Waals surface area contributed by atoms with Gasteiger partial charge in [-0.25, -0.2) is 0 Å². The van der Waals surface area contributed by atoms with Crippen molar-refractivity contribution in [2.45, 2.75) is 78.9 Å². The summed E-state index contributed by atoms with van der Waals surface area (Å²) in [5.41, 5.74) is 3.52. The van der Waals surface area contributed by atoms with Gasteiger partial charge in [-0.2, -0.15) is 0 Å². The highest BCUT2D eigenvalue weighted by Gasteiger charge is 2.47. The Hall–Kier alpha value is -4.06. The number of carbonyl (C=O) groups excluding carboxylic acids is 2. The van der Waals surface area contributed by atoms with Gasteiger partial charge >= 0.3 is 0 Å². The fraction of sp³-hybridized carbons (Fsp3) is 0.371. The number of ether oxygens (including phenoxy) is 2. The molecular formula is C35H41NO5. The highest BCUT2D eigenvalue weighted by Crippen LogP contribution is 2.43. The number of nitrogens with zero attached hydrogens (tertiary/aromatic N) is 1. The maximum Gasteiger partial charge on any atom is 0.300 e. The highest BCUT2D eigenvalue weighted by atomic mass is 16.5. The molecule has 1 N–H and O–H groups in total. The largest absolute Gasteiger partial charge is 0.507 e. The first kappa shape index (κ1) is 29.9. The zero-order valence-corrected chi connectivity index (χ0v) is 25.3. The van der Waals surface area contributed by atoms with E-state index in [1.165, 1.54) is 4.90 Å². The number of aliphatic hydroxyl groups excluding tert-OH is 1. The minimum Gasteiger partial charge on any atom is -0.507 e. The van der Waals surface area contributed by atoms with E-state index in [4.69, 9.17) is 9.47 Å². The lowest BCUT2D eigenvalue weighted by Crippen LogP contribution is -2.29. The summed E-state index contributed by atoms with van der Waals surface area (Å²) in [6.07, 6.45) is 0.00243. The molecule has 1 amide bonds. The number of carbonyl (C=O) groups is 2. The zero-order chi connectivity index (χ0) is 30.1. The van der Waals surface area contributed by atoms with E-state index in [0.717, 1.165) is 16.9 Å². The first-order valence-electron chi connectivity index (χ1n) is 14.3. The lowest BCUT2D eigenvalue weighted by atomic mass is 9.84. The van der Waals surface area contributed by atoms with Crippen LogP contribution in [0.4, 0.5) is 5.69 Å². The Morgan fingerprint density at radius 1 is 0.927 bits per heavy atom. The molecule has 0 bridgehead atoms. The van der Waals surface area contributed by atoms with Crippen molar-refractivity contribution in [2.75, 3.05) is 11.5 Å². The van der Waals surface area contributed by atoms with Gasteiger partial charge in [0, 0.05) is 16.8 Å². The van der Waals surface area contributed by atoms with Crippen LogP contribution in [0.5, 0.6) is 11.5 Å². The van der Waals surface area contributed by atoms with E-state index in [1.807, 2.05) is 81.4 Å². The fourth-order valence-corrected chi connectivity index (χ4v) is 5.14. The molecule has 0 aliphatic carbocycles. The lowest BCUT2D eigenvalue weighted by Gasteiger charge is -2.26. The minimum atomic E-state index is -0.822. The van der Waals surface area contributed by atoms with Gasteiger partial charge in [-0.15, -0.1) is 0 Å². The summed E-state index contributed by atoms with van der Waals surface area (Å²) in [6.45, 7) is 16.7.